The largest absolute Gasteiger partial charge is 0.286 e. The molecule has 5 heteroatoms. The molecule has 0 N–H and O–H groups in total. The molecule has 0 saturated carbocycles. The molecule has 1 saturated heterocycles. The van der Waals surface area contributed by atoms with Crippen LogP contribution in [0, 0.1) is 0 Å². The monoisotopic (exact) mass is 220 g/mol. The van der Waals surface area contributed by atoms with Crippen LogP contribution >= 0.6 is 47.0 Å². The number of carbonyl (C=O) groups is 1. The molecular weight excluding hydrogens is 216 g/mol. The van der Waals surface area contributed by atoms with E-state index < -0.39 is 0 Å². The van der Waals surface area contributed by atoms with Crippen molar-refractivity contribution in [1.29, 1.82) is 0 Å². The van der Waals surface area contributed by atoms with E-state index in [1.807, 2.05) is 0 Å². The van der Waals surface area contributed by atoms with Crippen molar-refractivity contribution in [2.75, 3.05) is 5.75 Å². The Kier molecular flexibility index (Phi) is 2.61. The molecule has 2 aliphatic rings. The zero-order chi connectivity index (χ0) is 7.68. The summed E-state index contributed by atoms with van der Waals surface area (Å²) < 4.78 is 2.46. The predicted octanol–water partition coefficient (Wildman–Crippen LogP) is 3.07. The van der Waals surface area contributed by atoms with Crippen LogP contribution in [0.4, 0.5) is 0 Å². The first-order valence-corrected chi connectivity index (χ1v) is 6.48. The number of carbonyl (C=O) groups excluding carboxylic acids is 1. The molecule has 0 aromatic carbocycles. The molecule has 0 radical (unpaired) electrons. The van der Waals surface area contributed by atoms with Gasteiger partial charge in [0.25, 0.3) is 0 Å². The first kappa shape index (κ1) is 8.16. The second kappa shape index (κ2) is 3.51. The van der Waals surface area contributed by atoms with E-state index in [1.165, 1.54) is 20.2 Å². The van der Waals surface area contributed by atoms with Gasteiger partial charge in [0.1, 0.15) is 0 Å². The summed E-state index contributed by atoms with van der Waals surface area (Å²) >= 11 is 6.46. The van der Waals surface area contributed by atoms with Crippen LogP contribution in [0.3, 0.4) is 0 Å². The first-order valence-electron chi connectivity index (χ1n) is 2.92. The second-order valence-electron chi connectivity index (χ2n) is 1.85. The van der Waals surface area contributed by atoms with Gasteiger partial charge in [-0.3, -0.25) is 4.79 Å². The first-order chi connectivity index (χ1) is 5.36. The fourth-order valence-electron chi connectivity index (χ4n) is 0.691. The highest BCUT2D eigenvalue weighted by atomic mass is 32.2. The highest BCUT2D eigenvalue weighted by molar-refractivity contribution is 8.37. The standard InChI is InChI=1S/C6H4OS4/c7-4-3-10-6(11-4)5-8-1-2-9-5/h1-2H,3H2. The molecule has 2 heterocycles. The van der Waals surface area contributed by atoms with Crippen molar-refractivity contribution >= 4 is 52.2 Å². The Labute approximate surface area is 81.8 Å². The van der Waals surface area contributed by atoms with Crippen LogP contribution < -0.4 is 0 Å². The van der Waals surface area contributed by atoms with Crippen molar-refractivity contribution in [3.05, 3.63) is 19.3 Å². The maximum atomic E-state index is 10.9. The maximum absolute atomic E-state index is 10.9. The fraction of sp³-hybridized carbons (Fsp3) is 0.167. The Balaban J connectivity index is 2.15. The van der Waals surface area contributed by atoms with Crippen LogP contribution in [-0.2, 0) is 4.79 Å². The molecule has 0 aromatic rings. The Bertz CT molecular complexity index is 245. The van der Waals surface area contributed by atoms with Gasteiger partial charge in [-0.2, -0.15) is 0 Å². The summed E-state index contributed by atoms with van der Waals surface area (Å²) in [5.41, 5.74) is 0. The Morgan fingerprint density at radius 3 is 2.45 bits per heavy atom. The average molecular weight is 220 g/mol. The summed E-state index contributed by atoms with van der Waals surface area (Å²) in [5.74, 6) is 0.643. The Morgan fingerprint density at radius 1 is 1.18 bits per heavy atom. The molecule has 58 valence electrons. The number of hydrogen-bond acceptors (Lipinski definition) is 5. The molecule has 0 atom stereocenters. The molecule has 0 bridgehead atoms. The van der Waals surface area contributed by atoms with Crippen LogP contribution in [0.2, 0.25) is 0 Å². The van der Waals surface area contributed by atoms with E-state index in [4.69, 9.17) is 0 Å². The van der Waals surface area contributed by atoms with Crippen molar-refractivity contribution in [2.24, 2.45) is 0 Å². The minimum absolute atomic E-state index is 0.283. The van der Waals surface area contributed by atoms with Gasteiger partial charge in [0, 0.05) is 0 Å². The SMILES string of the molecule is O=C1CSC(=C2SC=CS2)S1. The van der Waals surface area contributed by atoms with Gasteiger partial charge in [0.05, 0.1) is 14.2 Å². The third-order valence-corrected chi connectivity index (χ3v) is 6.17. The smallest absolute Gasteiger partial charge is 0.204 e. The van der Waals surface area contributed by atoms with Crippen molar-refractivity contribution in [3.8, 4) is 0 Å². The van der Waals surface area contributed by atoms with Crippen LogP contribution in [0.1, 0.15) is 0 Å². The van der Waals surface area contributed by atoms with Gasteiger partial charge in [0.15, 0.2) is 0 Å². The van der Waals surface area contributed by atoms with Gasteiger partial charge in [0.2, 0.25) is 5.12 Å². The predicted molar refractivity (Wildman–Crippen MR) is 56.4 cm³/mol. The molecule has 0 aromatic heterocycles. The minimum Gasteiger partial charge on any atom is -0.286 e. The molecule has 0 spiro atoms. The van der Waals surface area contributed by atoms with Crippen LogP contribution in [-0.4, -0.2) is 10.9 Å². The van der Waals surface area contributed by atoms with Gasteiger partial charge in [-0.1, -0.05) is 23.5 Å². The zero-order valence-corrected chi connectivity index (χ0v) is 8.67. The van der Waals surface area contributed by atoms with Crippen molar-refractivity contribution in [1.82, 2.24) is 0 Å². The molecule has 11 heavy (non-hydrogen) atoms. The number of hydrogen-bond donors (Lipinski definition) is 0. The van der Waals surface area contributed by atoms with E-state index in [2.05, 4.69) is 10.8 Å². The van der Waals surface area contributed by atoms with E-state index in [9.17, 15) is 4.79 Å². The minimum atomic E-state index is 0.283. The van der Waals surface area contributed by atoms with Crippen LogP contribution in [0.5, 0.6) is 0 Å². The van der Waals surface area contributed by atoms with E-state index in [1.54, 1.807) is 35.3 Å². The lowest BCUT2D eigenvalue weighted by atomic mass is 10.9. The highest BCUT2D eigenvalue weighted by Gasteiger charge is 2.22. The summed E-state index contributed by atoms with van der Waals surface area (Å²) in [6.45, 7) is 0. The van der Waals surface area contributed by atoms with Crippen molar-refractivity contribution < 1.29 is 4.79 Å². The van der Waals surface area contributed by atoms with E-state index in [0.29, 0.717) is 5.75 Å². The van der Waals surface area contributed by atoms with Gasteiger partial charge in [-0.15, -0.1) is 11.8 Å². The summed E-state index contributed by atoms with van der Waals surface area (Å²) in [7, 11) is 0. The van der Waals surface area contributed by atoms with Gasteiger partial charge < -0.3 is 0 Å². The zero-order valence-electron chi connectivity index (χ0n) is 5.40. The van der Waals surface area contributed by atoms with Crippen molar-refractivity contribution in [2.45, 2.75) is 0 Å². The lowest BCUT2D eigenvalue weighted by Gasteiger charge is -1.96. The van der Waals surface area contributed by atoms with Crippen LogP contribution in [0.15, 0.2) is 19.3 Å². The Hall–Kier alpha value is 0.550. The van der Waals surface area contributed by atoms with Crippen LogP contribution in [0.25, 0.3) is 0 Å². The average Bonchev–Trinajstić information content (AvgIpc) is 2.55. The molecule has 2 rings (SSSR count). The lowest BCUT2D eigenvalue weighted by molar-refractivity contribution is -0.108. The number of rotatable bonds is 0. The van der Waals surface area contributed by atoms with Gasteiger partial charge >= 0.3 is 0 Å². The molecule has 0 amide bonds. The lowest BCUT2D eigenvalue weighted by Crippen LogP contribution is -1.82. The van der Waals surface area contributed by atoms with Gasteiger partial charge in [-0.05, 0) is 22.6 Å². The highest BCUT2D eigenvalue weighted by Crippen LogP contribution is 2.50. The normalized spacial score (nSPS) is 23.8. The quantitative estimate of drug-likeness (QED) is 0.622. The van der Waals surface area contributed by atoms with E-state index >= 15 is 0 Å². The summed E-state index contributed by atoms with van der Waals surface area (Å²) in [4.78, 5) is 10.9. The third kappa shape index (κ3) is 1.83. The summed E-state index contributed by atoms with van der Waals surface area (Å²) in [6.07, 6.45) is 0. The van der Waals surface area contributed by atoms with E-state index in [0.717, 1.165) is 0 Å². The molecular formula is C6H4OS4. The fourth-order valence-corrected chi connectivity index (χ4v) is 5.07. The topological polar surface area (TPSA) is 17.1 Å². The maximum Gasteiger partial charge on any atom is 0.204 e. The molecule has 0 unspecified atom stereocenters. The second-order valence-corrected chi connectivity index (χ2v) is 6.25. The molecule has 2 aliphatic heterocycles. The third-order valence-electron chi connectivity index (χ3n) is 1.10. The van der Waals surface area contributed by atoms with E-state index in [-0.39, 0.29) is 5.12 Å². The number of thioether (sulfide) groups is 4. The summed E-state index contributed by atoms with van der Waals surface area (Å²) in [5, 5.41) is 4.39. The molecule has 1 nitrogen and oxygen atoms in total. The van der Waals surface area contributed by atoms with Crippen molar-refractivity contribution in [3.63, 3.8) is 0 Å². The van der Waals surface area contributed by atoms with Gasteiger partial charge in [-0.25, -0.2) is 0 Å². The summed E-state index contributed by atoms with van der Waals surface area (Å²) in [6, 6.07) is 0. The molecule has 0 aliphatic carbocycles. The molecule has 1 fully saturated rings. The Morgan fingerprint density at radius 2 is 1.91 bits per heavy atom.